The van der Waals surface area contributed by atoms with Gasteiger partial charge in [0.1, 0.15) is 6.04 Å². The number of anilines is 1. The number of hydrogen-bond donors (Lipinski definition) is 4. The minimum absolute atomic E-state index is 0.0310. The number of nitrogens with one attached hydrogen (secondary N) is 2. The van der Waals surface area contributed by atoms with E-state index in [2.05, 4.69) is 10.6 Å². The molecule has 0 aromatic heterocycles. The predicted molar refractivity (Wildman–Crippen MR) is 73.4 cm³/mol. The van der Waals surface area contributed by atoms with E-state index in [4.69, 9.17) is 21.8 Å². The average Bonchev–Trinajstić information content (AvgIpc) is 2.40. The number of amides is 2. The minimum atomic E-state index is -1.32. The van der Waals surface area contributed by atoms with Gasteiger partial charge in [0.25, 0.3) is 5.69 Å². The predicted octanol–water partition coefficient (Wildman–Crippen LogP) is 1.21. The summed E-state index contributed by atoms with van der Waals surface area (Å²) in [5.41, 5.74) is -0.309. The van der Waals surface area contributed by atoms with Crippen LogP contribution < -0.4 is 10.6 Å². The summed E-state index contributed by atoms with van der Waals surface area (Å²) in [5, 5.41) is 32.5. The van der Waals surface area contributed by atoms with E-state index in [1.807, 2.05) is 0 Å². The van der Waals surface area contributed by atoms with Gasteiger partial charge in [0.15, 0.2) is 0 Å². The molecule has 0 aliphatic heterocycles. The van der Waals surface area contributed by atoms with Crippen LogP contribution in [0, 0.1) is 10.1 Å². The Balaban J connectivity index is 2.80. The lowest BCUT2D eigenvalue weighted by Gasteiger charge is -2.14. The van der Waals surface area contributed by atoms with Gasteiger partial charge >= 0.3 is 12.0 Å². The van der Waals surface area contributed by atoms with Gasteiger partial charge in [0.2, 0.25) is 0 Å². The fraction of sp³-hybridized carbons (Fsp3) is 0.273. The lowest BCUT2D eigenvalue weighted by atomic mass is 10.2. The lowest BCUT2D eigenvalue weighted by molar-refractivity contribution is -0.384. The van der Waals surface area contributed by atoms with Gasteiger partial charge in [-0.3, -0.25) is 10.1 Å². The standard InChI is InChI=1S/C11H12ClN3O6/c12-7-2-1-6(15(20)21)5-9(7)14-11(19)13-8(3-4-16)10(17)18/h1-2,5,8,16H,3-4H2,(H,17,18)(H2,13,14,19). The maximum absolute atomic E-state index is 11.6. The number of urea groups is 1. The number of carboxylic acid groups (broad SMARTS) is 1. The molecule has 1 aromatic carbocycles. The number of rotatable bonds is 6. The highest BCUT2D eigenvalue weighted by Crippen LogP contribution is 2.26. The molecule has 0 radical (unpaired) electrons. The Morgan fingerprint density at radius 2 is 2.10 bits per heavy atom. The maximum atomic E-state index is 11.6. The van der Waals surface area contributed by atoms with Crippen molar-refractivity contribution < 1.29 is 24.7 Å². The monoisotopic (exact) mass is 317 g/mol. The first-order valence-corrected chi connectivity index (χ1v) is 6.08. The summed E-state index contributed by atoms with van der Waals surface area (Å²) in [6.45, 7) is -0.422. The van der Waals surface area contributed by atoms with E-state index >= 15 is 0 Å². The Kier molecular flexibility index (Phi) is 5.88. The fourth-order valence-electron chi connectivity index (χ4n) is 1.43. The van der Waals surface area contributed by atoms with Crippen LogP contribution in [-0.4, -0.2) is 39.8 Å². The van der Waals surface area contributed by atoms with E-state index in [1.165, 1.54) is 6.07 Å². The molecule has 114 valence electrons. The van der Waals surface area contributed by atoms with Gasteiger partial charge in [-0.1, -0.05) is 11.6 Å². The molecule has 0 aliphatic rings. The van der Waals surface area contributed by atoms with Crippen molar-refractivity contribution >= 4 is 35.0 Å². The number of nitro groups is 1. The van der Waals surface area contributed by atoms with Crippen molar-refractivity contribution in [1.29, 1.82) is 0 Å². The summed E-state index contributed by atoms with van der Waals surface area (Å²) >= 11 is 5.78. The SMILES string of the molecule is O=C(Nc1cc([N+](=O)[O-])ccc1Cl)NC(CCO)C(=O)O. The van der Waals surface area contributed by atoms with Gasteiger partial charge < -0.3 is 20.8 Å². The van der Waals surface area contributed by atoms with Crippen LogP contribution in [0.25, 0.3) is 0 Å². The molecule has 1 aromatic rings. The number of halogens is 1. The molecule has 1 unspecified atom stereocenters. The highest BCUT2D eigenvalue weighted by molar-refractivity contribution is 6.33. The number of carboxylic acids is 1. The molecule has 0 saturated carbocycles. The van der Waals surface area contributed by atoms with E-state index in [1.54, 1.807) is 0 Å². The molecular formula is C11H12ClN3O6. The summed E-state index contributed by atoms with van der Waals surface area (Å²) in [6.07, 6.45) is -0.175. The smallest absolute Gasteiger partial charge is 0.326 e. The molecule has 4 N–H and O–H groups in total. The molecule has 0 saturated heterocycles. The third kappa shape index (κ3) is 4.89. The number of hydrogen-bond acceptors (Lipinski definition) is 5. The molecule has 1 rings (SSSR count). The molecule has 21 heavy (non-hydrogen) atoms. The molecule has 0 fully saturated rings. The van der Waals surface area contributed by atoms with Crippen LogP contribution in [0.2, 0.25) is 5.02 Å². The number of benzene rings is 1. The minimum Gasteiger partial charge on any atom is -0.480 e. The number of non-ortho nitro benzene ring substituents is 1. The Hall–Kier alpha value is -2.39. The van der Waals surface area contributed by atoms with Crippen LogP contribution in [0.5, 0.6) is 0 Å². The molecule has 10 heteroatoms. The highest BCUT2D eigenvalue weighted by atomic mass is 35.5. The van der Waals surface area contributed by atoms with E-state index in [0.29, 0.717) is 0 Å². The van der Waals surface area contributed by atoms with E-state index in [0.717, 1.165) is 12.1 Å². The Bertz CT molecular complexity index is 565. The van der Waals surface area contributed by atoms with Crippen molar-refractivity contribution in [2.45, 2.75) is 12.5 Å². The normalized spacial score (nSPS) is 11.5. The summed E-state index contributed by atoms with van der Waals surface area (Å²) < 4.78 is 0. The highest BCUT2D eigenvalue weighted by Gasteiger charge is 2.20. The van der Waals surface area contributed by atoms with Crippen LogP contribution >= 0.6 is 11.6 Å². The quantitative estimate of drug-likeness (QED) is 0.459. The van der Waals surface area contributed by atoms with Crippen LogP contribution in [0.15, 0.2) is 18.2 Å². The van der Waals surface area contributed by atoms with Crippen LogP contribution in [-0.2, 0) is 4.79 Å². The number of aliphatic hydroxyl groups is 1. The zero-order chi connectivity index (χ0) is 16.0. The Morgan fingerprint density at radius 3 is 2.62 bits per heavy atom. The Labute approximate surface area is 123 Å². The average molecular weight is 318 g/mol. The molecule has 0 heterocycles. The number of nitrogens with zero attached hydrogens (tertiary/aromatic N) is 1. The second-order valence-electron chi connectivity index (χ2n) is 3.92. The van der Waals surface area contributed by atoms with Gasteiger partial charge in [-0.15, -0.1) is 0 Å². The number of carbonyl (C=O) groups excluding carboxylic acids is 1. The van der Waals surface area contributed by atoms with E-state index in [-0.39, 0.29) is 22.8 Å². The largest absolute Gasteiger partial charge is 0.480 e. The van der Waals surface area contributed by atoms with Gasteiger partial charge in [0, 0.05) is 25.2 Å². The third-order valence-corrected chi connectivity index (χ3v) is 2.76. The number of aliphatic hydroxyl groups excluding tert-OH is 1. The van der Waals surface area contributed by atoms with E-state index < -0.39 is 29.6 Å². The Morgan fingerprint density at radius 1 is 1.43 bits per heavy atom. The second kappa shape index (κ2) is 7.41. The number of carbonyl (C=O) groups is 2. The fourth-order valence-corrected chi connectivity index (χ4v) is 1.59. The third-order valence-electron chi connectivity index (χ3n) is 2.43. The first kappa shape index (κ1) is 16.7. The first-order valence-electron chi connectivity index (χ1n) is 5.70. The van der Waals surface area contributed by atoms with Crippen LogP contribution in [0.4, 0.5) is 16.2 Å². The van der Waals surface area contributed by atoms with Crippen molar-refractivity contribution in [2.24, 2.45) is 0 Å². The first-order chi connectivity index (χ1) is 9.85. The zero-order valence-electron chi connectivity index (χ0n) is 10.6. The molecule has 1 atom stereocenters. The molecule has 0 aliphatic carbocycles. The molecule has 2 amide bonds. The summed E-state index contributed by atoms with van der Waals surface area (Å²) in [4.78, 5) is 32.4. The van der Waals surface area contributed by atoms with Gasteiger partial charge in [0.05, 0.1) is 15.6 Å². The second-order valence-corrected chi connectivity index (χ2v) is 4.33. The van der Waals surface area contributed by atoms with Crippen LogP contribution in [0.3, 0.4) is 0 Å². The van der Waals surface area contributed by atoms with E-state index in [9.17, 15) is 19.7 Å². The summed E-state index contributed by atoms with van der Waals surface area (Å²) in [5.74, 6) is -1.32. The summed E-state index contributed by atoms with van der Waals surface area (Å²) in [6, 6.07) is 1.25. The van der Waals surface area contributed by atoms with Crippen molar-refractivity contribution in [3.63, 3.8) is 0 Å². The summed E-state index contributed by atoms with van der Waals surface area (Å²) in [7, 11) is 0. The number of aliphatic carboxylic acids is 1. The molecular weight excluding hydrogens is 306 g/mol. The van der Waals surface area contributed by atoms with Crippen molar-refractivity contribution in [2.75, 3.05) is 11.9 Å². The van der Waals surface area contributed by atoms with Crippen LogP contribution in [0.1, 0.15) is 6.42 Å². The van der Waals surface area contributed by atoms with Crippen molar-refractivity contribution in [3.05, 3.63) is 33.3 Å². The van der Waals surface area contributed by atoms with Crippen molar-refractivity contribution in [1.82, 2.24) is 5.32 Å². The van der Waals surface area contributed by atoms with Gasteiger partial charge in [-0.25, -0.2) is 9.59 Å². The number of nitro benzene ring substituents is 1. The maximum Gasteiger partial charge on any atom is 0.326 e. The van der Waals surface area contributed by atoms with Gasteiger partial charge in [-0.2, -0.15) is 0 Å². The molecule has 0 bridgehead atoms. The zero-order valence-corrected chi connectivity index (χ0v) is 11.3. The molecule has 0 spiro atoms. The topological polar surface area (TPSA) is 142 Å². The van der Waals surface area contributed by atoms with Crippen molar-refractivity contribution in [3.8, 4) is 0 Å². The molecule has 9 nitrogen and oxygen atoms in total. The lowest BCUT2D eigenvalue weighted by Crippen LogP contribution is -2.43. The van der Waals surface area contributed by atoms with Gasteiger partial charge in [-0.05, 0) is 6.07 Å².